The number of hydrogen-bond acceptors (Lipinski definition) is 3. The summed E-state index contributed by atoms with van der Waals surface area (Å²) in [6.45, 7) is 4.98. The molecule has 68 heavy (non-hydrogen) atoms. The van der Waals surface area contributed by atoms with Gasteiger partial charge >= 0.3 is 0 Å². The van der Waals surface area contributed by atoms with Crippen LogP contribution in [-0.2, 0) is 10.8 Å². The van der Waals surface area contributed by atoms with Crippen LogP contribution in [0.15, 0.2) is 182 Å². The molecule has 0 atom stereocenters. The fourth-order valence-electron chi connectivity index (χ4n) is 15.0. The molecule has 16 rings (SSSR count). The second-order valence-electron chi connectivity index (χ2n) is 21.2. The Morgan fingerprint density at radius 2 is 0.941 bits per heavy atom. The van der Waals surface area contributed by atoms with Gasteiger partial charge in [-0.1, -0.05) is 159 Å². The van der Waals surface area contributed by atoms with E-state index < -0.39 is 0 Å². The number of nitrogens with zero attached hydrogens (tertiary/aromatic N) is 4. The first kappa shape index (κ1) is 38.7. The van der Waals surface area contributed by atoms with Crippen LogP contribution in [0.5, 0.6) is 0 Å². The summed E-state index contributed by atoms with van der Waals surface area (Å²) in [5.41, 5.74) is 20.6. The summed E-state index contributed by atoms with van der Waals surface area (Å²) < 4.78 is 2.40. The van der Waals surface area contributed by atoms with E-state index in [1.807, 2.05) is 0 Å². The minimum Gasteiger partial charge on any atom is -0.309 e. The zero-order valence-corrected chi connectivity index (χ0v) is 38.5. The highest BCUT2D eigenvalue weighted by molar-refractivity contribution is 6.10. The molecule has 2 aromatic heterocycles. The van der Waals surface area contributed by atoms with Gasteiger partial charge in [-0.05, 0) is 148 Å². The topological polar surface area (TPSA) is 43.6 Å². The highest BCUT2D eigenvalue weighted by Crippen LogP contribution is 2.72. The molecule has 0 saturated heterocycles. The molecule has 0 radical (unpaired) electrons. The van der Waals surface area contributed by atoms with Gasteiger partial charge in [-0.15, -0.1) is 0 Å². The molecule has 8 aromatic carbocycles. The average molecular weight is 875 g/mol. The van der Waals surface area contributed by atoms with E-state index in [0.29, 0.717) is 23.5 Å². The zero-order valence-electron chi connectivity index (χ0n) is 38.5. The minimum absolute atomic E-state index is 0.108. The van der Waals surface area contributed by atoms with Crippen molar-refractivity contribution in [3.63, 3.8) is 0 Å². The second-order valence-corrected chi connectivity index (χ2v) is 21.2. The van der Waals surface area contributed by atoms with Crippen molar-refractivity contribution >= 4 is 21.8 Å². The highest BCUT2D eigenvalue weighted by atomic mass is 15.0. The van der Waals surface area contributed by atoms with Crippen LogP contribution in [0.3, 0.4) is 0 Å². The molecule has 0 unspecified atom stereocenters. The largest absolute Gasteiger partial charge is 0.309 e. The Bertz CT molecular complexity index is 3680. The first-order valence-corrected chi connectivity index (χ1v) is 24.9. The molecule has 4 fully saturated rings. The number of rotatable bonds is 5. The number of aromatic nitrogens is 4. The molecule has 4 saturated carbocycles. The van der Waals surface area contributed by atoms with Crippen LogP contribution < -0.4 is 0 Å². The molecule has 0 amide bonds. The molecule has 2 heterocycles. The fourth-order valence-corrected chi connectivity index (χ4v) is 15.0. The van der Waals surface area contributed by atoms with Gasteiger partial charge < -0.3 is 4.57 Å². The molecule has 0 aliphatic heterocycles. The lowest BCUT2D eigenvalue weighted by atomic mass is 9.42. The first-order valence-electron chi connectivity index (χ1n) is 24.9. The third-order valence-corrected chi connectivity index (χ3v) is 17.4. The SMILES string of the molecule is CC1(C)c2ccccc2-c2ccc3c(c21)C1(c2c(-c4nc(-c5ccccc5)nc(-c5ccc(-n6c7ccccc7c7ccc(-c8ccccc8)cc76)cc5)n4)cccc2-3)C2CC3CC(C2)CC1C3. The van der Waals surface area contributed by atoms with Gasteiger partial charge in [0, 0.05) is 44.0 Å². The van der Waals surface area contributed by atoms with Crippen LogP contribution >= 0.6 is 0 Å². The Balaban J connectivity index is 0.921. The first-order chi connectivity index (χ1) is 33.4. The highest BCUT2D eigenvalue weighted by Gasteiger charge is 2.64. The van der Waals surface area contributed by atoms with Gasteiger partial charge in [0.1, 0.15) is 0 Å². The third-order valence-electron chi connectivity index (χ3n) is 17.4. The van der Waals surface area contributed by atoms with Crippen LogP contribution in [0.1, 0.15) is 68.2 Å². The Morgan fingerprint density at radius 1 is 0.397 bits per heavy atom. The Labute approximate surface area is 397 Å². The molecule has 4 nitrogen and oxygen atoms in total. The van der Waals surface area contributed by atoms with E-state index in [1.54, 1.807) is 11.1 Å². The van der Waals surface area contributed by atoms with Gasteiger partial charge in [0.2, 0.25) is 0 Å². The summed E-state index contributed by atoms with van der Waals surface area (Å²) >= 11 is 0. The molecule has 10 aromatic rings. The van der Waals surface area contributed by atoms with E-state index >= 15 is 0 Å². The van der Waals surface area contributed by atoms with E-state index in [9.17, 15) is 0 Å². The number of hydrogen-bond donors (Lipinski definition) is 0. The zero-order chi connectivity index (χ0) is 44.9. The van der Waals surface area contributed by atoms with Gasteiger partial charge in [0.15, 0.2) is 17.5 Å². The van der Waals surface area contributed by atoms with Crippen molar-refractivity contribution in [2.45, 2.75) is 56.8 Å². The lowest BCUT2D eigenvalue weighted by Gasteiger charge is -2.61. The molecule has 4 bridgehead atoms. The number of fused-ring (bicyclic) bond motifs is 10. The fraction of sp³-hybridized carbons (Fsp3) is 0.203. The standard InChI is InChI=1S/C64H50N4/c1-63(2)54-22-11-9-18-47(54)51-30-31-52-50-20-13-21-53(57(50)64(59(52)58(51)63)44-33-38-32-39(35-44)36-45(64)34-38)62-66-60(41-16-7-4-8-17-41)65-61(67-62)42-24-27-46(28-25-42)68-55-23-12-10-19-48(55)49-29-26-43(37-56(49)68)40-14-5-3-6-15-40/h3-31,37-39,44-45H,32-36H2,1-2H3. The molecule has 6 aliphatic rings. The van der Waals surface area contributed by atoms with Crippen LogP contribution in [0, 0.1) is 23.7 Å². The van der Waals surface area contributed by atoms with Gasteiger partial charge in [0.05, 0.1) is 11.0 Å². The smallest absolute Gasteiger partial charge is 0.164 e. The lowest BCUT2D eigenvalue weighted by Crippen LogP contribution is -2.56. The van der Waals surface area contributed by atoms with E-state index in [-0.39, 0.29) is 10.8 Å². The maximum absolute atomic E-state index is 5.58. The summed E-state index contributed by atoms with van der Waals surface area (Å²) in [6.07, 6.45) is 6.64. The normalized spacial score (nSPS) is 22.1. The van der Waals surface area contributed by atoms with Crippen molar-refractivity contribution in [3.8, 4) is 73.2 Å². The molecule has 326 valence electrons. The third kappa shape index (κ3) is 5.23. The van der Waals surface area contributed by atoms with Gasteiger partial charge in [-0.2, -0.15) is 0 Å². The van der Waals surface area contributed by atoms with Gasteiger partial charge in [-0.25, -0.2) is 15.0 Å². The summed E-state index contributed by atoms with van der Waals surface area (Å²) in [5.74, 6) is 4.99. The molecule has 4 heteroatoms. The predicted molar refractivity (Wildman–Crippen MR) is 277 cm³/mol. The Hall–Kier alpha value is -7.43. The van der Waals surface area contributed by atoms with Crippen molar-refractivity contribution in [1.29, 1.82) is 0 Å². The van der Waals surface area contributed by atoms with Crippen molar-refractivity contribution in [1.82, 2.24) is 19.5 Å². The molecular formula is C64H50N4. The maximum Gasteiger partial charge on any atom is 0.164 e. The number of para-hydroxylation sites is 1. The summed E-state index contributed by atoms with van der Waals surface area (Å²) in [7, 11) is 0. The second kappa shape index (κ2) is 14.1. The average Bonchev–Trinajstić information content (AvgIpc) is 3.96. The van der Waals surface area contributed by atoms with Crippen LogP contribution in [0.4, 0.5) is 0 Å². The Morgan fingerprint density at radius 3 is 1.68 bits per heavy atom. The number of benzene rings is 8. The van der Waals surface area contributed by atoms with Crippen molar-refractivity contribution < 1.29 is 0 Å². The molecule has 0 N–H and O–H groups in total. The summed E-state index contributed by atoms with van der Waals surface area (Å²) in [4.78, 5) is 16.4. The quantitative estimate of drug-likeness (QED) is 0.173. The van der Waals surface area contributed by atoms with Crippen LogP contribution in [0.25, 0.3) is 95.0 Å². The van der Waals surface area contributed by atoms with Gasteiger partial charge in [0.25, 0.3) is 0 Å². The van der Waals surface area contributed by atoms with E-state index in [4.69, 9.17) is 15.0 Å². The van der Waals surface area contributed by atoms with E-state index in [2.05, 4.69) is 200 Å². The van der Waals surface area contributed by atoms with E-state index in [0.717, 1.165) is 34.5 Å². The van der Waals surface area contributed by atoms with Crippen molar-refractivity contribution in [2.24, 2.45) is 23.7 Å². The maximum atomic E-state index is 5.58. The molecule has 1 spiro atoms. The van der Waals surface area contributed by atoms with E-state index in [1.165, 1.54) is 104 Å². The summed E-state index contributed by atoms with van der Waals surface area (Å²) in [5, 5.41) is 2.49. The van der Waals surface area contributed by atoms with Crippen LogP contribution in [-0.4, -0.2) is 19.5 Å². The molecular weight excluding hydrogens is 825 g/mol. The van der Waals surface area contributed by atoms with Crippen LogP contribution in [0.2, 0.25) is 0 Å². The molecule has 6 aliphatic carbocycles. The Kier molecular flexibility index (Phi) is 7.99. The van der Waals surface area contributed by atoms with Crippen molar-refractivity contribution in [3.05, 3.63) is 204 Å². The summed E-state index contributed by atoms with van der Waals surface area (Å²) in [6, 6.07) is 66.9. The van der Waals surface area contributed by atoms with Gasteiger partial charge in [-0.3, -0.25) is 0 Å². The predicted octanol–water partition coefficient (Wildman–Crippen LogP) is 15.7. The monoisotopic (exact) mass is 874 g/mol. The lowest BCUT2D eigenvalue weighted by molar-refractivity contribution is -0.0402. The van der Waals surface area contributed by atoms with Crippen molar-refractivity contribution in [2.75, 3.05) is 0 Å². The minimum atomic E-state index is -0.114.